The number of carbonyl (C=O) groups is 1. The molecule has 0 bridgehead atoms. The van der Waals surface area contributed by atoms with Gasteiger partial charge in [-0.1, -0.05) is 30.3 Å². The number of hydrogen-bond acceptors (Lipinski definition) is 3. The number of carbonyl (C=O) groups excluding carboxylic acids is 1. The monoisotopic (exact) mass is 311 g/mol. The van der Waals surface area contributed by atoms with Crippen molar-refractivity contribution in [2.24, 2.45) is 0 Å². The maximum absolute atomic E-state index is 12.7. The fourth-order valence-electron chi connectivity index (χ4n) is 2.51. The van der Waals surface area contributed by atoms with E-state index in [9.17, 15) is 4.79 Å². The zero-order chi connectivity index (χ0) is 16.3. The van der Waals surface area contributed by atoms with Crippen LogP contribution in [-0.2, 0) is 10.2 Å². The molecule has 3 rings (SSSR count). The lowest BCUT2D eigenvalue weighted by Crippen LogP contribution is -2.34. The van der Waals surface area contributed by atoms with Crippen LogP contribution in [-0.4, -0.2) is 19.1 Å². The van der Waals surface area contributed by atoms with Gasteiger partial charge in [-0.25, -0.2) is 0 Å². The summed E-state index contributed by atoms with van der Waals surface area (Å²) < 4.78 is 11.3. The maximum atomic E-state index is 12.7. The minimum atomic E-state index is -0.620. The van der Waals surface area contributed by atoms with E-state index in [0.717, 1.165) is 17.7 Å². The Morgan fingerprint density at radius 3 is 2.43 bits per heavy atom. The molecule has 0 unspecified atom stereocenters. The number of benzene rings is 2. The van der Waals surface area contributed by atoms with E-state index in [2.05, 4.69) is 5.32 Å². The van der Waals surface area contributed by atoms with Crippen LogP contribution in [0.5, 0.6) is 11.5 Å². The zero-order valence-electron chi connectivity index (χ0n) is 13.5. The second-order valence-corrected chi connectivity index (χ2v) is 6.16. The molecule has 1 N–H and O–H groups in total. The van der Waals surface area contributed by atoms with Crippen molar-refractivity contribution in [1.82, 2.24) is 0 Å². The van der Waals surface area contributed by atoms with Crippen molar-refractivity contribution in [1.29, 1.82) is 0 Å². The molecule has 1 aliphatic heterocycles. The first-order valence-corrected chi connectivity index (χ1v) is 7.84. The predicted octanol–water partition coefficient (Wildman–Crippen LogP) is 3.76. The Hall–Kier alpha value is -2.49. The largest absolute Gasteiger partial charge is 0.490 e. The van der Waals surface area contributed by atoms with Gasteiger partial charge in [-0.15, -0.1) is 0 Å². The Bertz CT molecular complexity index is 695. The topological polar surface area (TPSA) is 47.6 Å². The van der Waals surface area contributed by atoms with Crippen LogP contribution < -0.4 is 14.8 Å². The molecule has 0 fully saturated rings. The Labute approximate surface area is 136 Å². The number of anilines is 1. The highest BCUT2D eigenvalue weighted by Crippen LogP contribution is 2.33. The summed E-state index contributed by atoms with van der Waals surface area (Å²) in [5, 5.41) is 2.98. The fraction of sp³-hybridized carbons (Fsp3) is 0.316. The van der Waals surface area contributed by atoms with Crippen LogP contribution >= 0.6 is 0 Å². The highest BCUT2D eigenvalue weighted by molar-refractivity contribution is 5.98. The number of rotatable bonds is 3. The fourth-order valence-corrected chi connectivity index (χ4v) is 2.51. The van der Waals surface area contributed by atoms with Crippen molar-refractivity contribution in [3.05, 3.63) is 54.1 Å². The van der Waals surface area contributed by atoms with Gasteiger partial charge in [-0.3, -0.25) is 4.79 Å². The number of fused-ring (bicyclic) bond motifs is 1. The number of hydrogen-bond donors (Lipinski definition) is 1. The van der Waals surface area contributed by atoms with Gasteiger partial charge in [0.05, 0.1) is 18.6 Å². The molecule has 2 aromatic rings. The van der Waals surface area contributed by atoms with Gasteiger partial charge in [-0.2, -0.15) is 0 Å². The van der Waals surface area contributed by atoms with Crippen LogP contribution in [0.4, 0.5) is 5.69 Å². The van der Waals surface area contributed by atoms with Crippen molar-refractivity contribution < 1.29 is 14.3 Å². The molecule has 2 aromatic carbocycles. The summed E-state index contributed by atoms with van der Waals surface area (Å²) in [6.45, 7) is 5.11. The van der Waals surface area contributed by atoms with E-state index in [1.165, 1.54) is 0 Å². The molecule has 0 saturated carbocycles. The molecule has 0 saturated heterocycles. The summed E-state index contributed by atoms with van der Waals surface area (Å²) in [6, 6.07) is 15.3. The highest BCUT2D eigenvalue weighted by Gasteiger charge is 2.29. The number of ether oxygens (including phenoxy) is 2. The lowest BCUT2D eigenvalue weighted by atomic mass is 9.83. The van der Waals surface area contributed by atoms with E-state index in [1.54, 1.807) is 0 Å². The van der Waals surface area contributed by atoms with Crippen LogP contribution in [0.25, 0.3) is 0 Å². The Balaban J connectivity index is 1.79. The molecule has 4 nitrogen and oxygen atoms in total. The Morgan fingerprint density at radius 2 is 1.70 bits per heavy atom. The summed E-state index contributed by atoms with van der Waals surface area (Å²) >= 11 is 0. The molecule has 23 heavy (non-hydrogen) atoms. The van der Waals surface area contributed by atoms with Crippen molar-refractivity contribution in [2.75, 3.05) is 18.5 Å². The molecule has 0 atom stereocenters. The molecule has 0 spiro atoms. The standard InChI is InChI=1S/C19H21NO3/c1-19(2,14-7-4-3-5-8-14)18(21)20-15-9-10-16-17(13-15)23-12-6-11-22-16/h3-5,7-10,13H,6,11-12H2,1-2H3,(H,20,21). The summed E-state index contributed by atoms with van der Waals surface area (Å²) in [4.78, 5) is 12.7. The van der Waals surface area contributed by atoms with Crippen molar-refractivity contribution in [3.8, 4) is 11.5 Å². The molecule has 0 aliphatic carbocycles. The third-order valence-electron chi connectivity index (χ3n) is 4.07. The Morgan fingerprint density at radius 1 is 1.00 bits per heavy atom. The number of nitrogens with one attached hydrogen (secondary N) is 1. The van der Waals surface area contributed by atoms with Gasteiger partial charge in [0.1, 0.15) is 0 Å². The molecule has 1 aliphatic rings. The molecule has 0 aromatic heterocycles. The van der Waals surface area contributed by atoms with Crippen LogP contribution in [0.15, 0.2) is 48.5 Å². The smallest absolute Gasteiger partial charge is 0.234 e. The zero-order valence-corrected chi connectivity index (χ0v) is 13.5. The van der Waals surface area contributed by atoms with Gasteiger partial charge >= 0.3 is 0 Å². The average molecular weight is 311 g/mol. The predicted molar refractivity (Wildman–Crippen MR) is 90.1 cm³/mol. The normalized spacial score (nSPS) is 14.0. The SMILES string of the molecule is CC(C)(C(=O)Nc1ccc2c(c1)OCCCO2)c1ccccc1. The van der Waals surface area contributed by atoms with E-state index in [1.807, 2.05) is 62.4 Å². The van der Waals surface area contributed by atoms with Gasteiger partial charge in [0.25, 0.3) is 0 Å². The molecule has 1 amide bonds. The summed E-state index contributed by atoms with van der Waals surface area (Å²) in [5.41, 5.74) is 1.07. The third kappa shape index (κ3) is 3.31. The van der Waals surface area contributed by atoms with E-state index in [-0.39, 0.29) is 5.91 Å². The molecule has 4 heteroatoms. The summed E-state index contributed by atoms with van der Waals surface area (Å²) in [5.74, 6) is 1.35. The lowest BCUT2D eigenvalue weighted by Gasteiger charge is -2.24. The van der Waals surface area contributed by atoms with Gasteiger partial charge in [0.15, 0.2) is 11.5 Å². The molecule has 0 radical (unpaired) electrons. The minimum Gasteiger partial charge on any atom is -0.490 e. The van der Waals surface area contributed by atoms with Gasteiger partial charge in [0, 0.05) is 18.2 Å². The minimum absolute atomic E-state index is 0.0572. The van der Waals surface area contributed by atoms with Crippen molar-refractivity contribution in [3.63, 3.8) is 0 Å². The lowest BCUT2D eigenvalue weighted by molar-refractivity contribution is -0.120. The van der Waals surface area contributed by atoms with E-state index in [4.69, 9.17) is 9.47 Å². The second kappa shape index (κ2) is 6.32. The first kappa shape index (κ1) is 15.4. The van der Waals surface area contributed by atoms with Crippen LogP contribution in [0, 0.1) is 0 Å². The van der Waals surface area contributed by atoms with E-state index in [0.29, 0.717) is 24.7 Å². The number of amides is 1. The van der Waals surface area contributed by atoms with Gasteiger partial charge in [-0.05, 0) is 31.5 Å². The van der Waals surface area contributed by atoms with E-state index >= 15 is 0 Å². The van der Waals surface area contributed by atoms with Gasteiger partial charge < -0.3 is 14.8 Å². The average Bonchev–Trinajstić information content (AvgIpc) is 2.80. The highest BCUT2D eigenvalue weighted by atomic mass is 16.5. The second-order valence-electron chi connectivity index (χ2n) is 6.16. The van der Waals surface area contributed by atoms with Crippen LogP contribution in [0.3, 0.4) is 0 Å². The van der Waals surface area contributed by atoms with Crippen molar-refractivity contribution in [2.45, 2.75) is 25.7 Å². The van der Waals surface area contributed by atoms with Crippen LogP contribution in [0.1, 0.15) is 25.8 Å². The third-order valence-corrected chi connectivity index (χ3v) is 4.07. The first-order chi connectivity index (χ1) is 11.1. The quantitative estimate of drug-likeness (QED) is 0.939. The molecular weight excluding hydrogens is 290 g/mol. The maximum Gasteiger partial charge on any atom is 0.234 e. The van der Waals surface area contributed by atoms with Crippen molar-refractivity contribution >= 4 is 11.6 Å². The molecular formula is C19H21NO3. The Kier molecular flexibility index (Phi) is 4.24. The van der Waals surface area contributed by atoms with Crippen LogP contribution in [0.2, 0.25) is 0 Å². The van der Waals surface area contributed by atoms with E-state index < -0.39 is 5.41 Å². The summed E-state index contributed by atoms with van der Waals surface area (Å²) in [6.07, 6.45) is 0.859. The molecule has 120 valence electrons. The van der Waals surface area contributed by atoms with Gasteiger partial charge in [0.2, 0.25) is 5.91 Å². The summed E-state index contributed by atoms with van der Waals surface area (Å²) in [7, 11) is 0. The molecule has 1 heterocycles. The first-order valence-electron chi connectivity index (χ1n) is 7.84.